The molecule has 2 N–H and O–H groups in total. The minimum atomic E-state index is -6.47. The number of nitrogens with two attached hydrogens (primary N) is 1. The van der Waals surface area contributed by atoms with Crippen molar-refractivity contribution < 1.29 is 53.6 Å². The number of halogens is 9. The molecule has 0 amide bonds. The van der Waals surface area contributed by atoms with Gasteiger partial charge in [0.05, 0.1) is 5.56 Å². The lowest BCUT2D eigenvalue weighted by molar-refractivity contribution is -0.382. The van der Waals surface area contributed by atoms with Crippen molar-refractivity contribution in [2.75, 3.05) is 5.73 Å². The second-order valence-corrected chi connectivity index (χ2v) is 5.64. The highest BCUT2D eigenvalue weighted by atomic mass is 19.4. The number of nitrogens with zero attached hydrogens (tertiary/aromatic N) is 1. The fraction of sp³-hybridized carbons (Fsp3) is 0.333. The number of rotatable bonds is 3. The molecular formula is C15H9F9N2O3. The summed E-state index contributed by atoms with van der Waals surface area (Å²) in [5, 5.41) is 3.36. The van der Waals surface area contributed by atoms with Gasteiger partial charge in [0.15, 0.2) is 5.82 Å². The maximum atomic E-state index is 13.4. The van der Waals surface area contributed by atoms with Crippen LogP contribution in [-0.4, -0.2) is 29.7 Å². The average Bonchev–Trinajstić information content (AvgIpc) is 2.88. The third-order valence-corrected chi connectivity index (χ3v) is 3.74. The van der Waals surface area contributed by atoms with Gasteiger partial charge in [-0.2, -0.15) is 39.5 Å². The van der Waals surface area contributed by atoms with Crippen LogP contribution in [0.4, 0.5) is 45.3 Å². The van der Waals surface area contributed by atoms with Gasteiger partial charge in [-0.15, -0.1) is 0 Å². The molecule has 0 fully saturated rings. The lowest BCUT2D eigenvalue weighted by Gasteiger charge is -2.36. The highest BCUT2D eigenvalue weighted by Gasteiger charge is 2.76. The highest BCUT2D eigenvalue weighted by molar-refractivity contribution is 5.77. The SMILES string of the molecule is Cc1onc(N)c1-c1ccc(C(OC(=O)C(F)(F)F)(C(F)(F)F)C(F)(F)F)cc1. The van der Waals surface area contributed by atoms with Gasteiger partial charge in [-0.3, -0.25) is 0 Å². The minimum Gasteiger partial charge on any atom is -0.428 e. The van der Waals surface area contributed by atoms with E-state index in [1.807, 2.05) is 0 Å². The van der Waals surface area contributed by atoms with Crippen molar-refractivity contribution in [3.8, 4) is 11.1 Å². The van der Waals surface area contributed by atoms with E-state index in [9.17, 15) is 44.3 Å². The second-order valence-electron chi connectivity index (χ2n) is 5.64. The van der Waals surface area contributed by atoms with Gasteiger partial charge >= 0.3 is 30.1 Å². The third kappa shape index (κ3) is 3.82. The Morgan fingerprint density at radius 2 is 1.45 bits per heavy atom. The number of hydrogen-bond donors (Lipinski definition) is 1. The molecule has 2 rings (SSSR count). The molecule has 0 aliphatic carbocycles. The largest absolute Gasteiger partial charge is 0.490 e. The minimum absolute atomic E-state index is 0.0367. The van der Waals surface area contributed by atoms with Crippen LogP contribution in [0, 0.1) is 6.92 Å². The summed E-state index contributed by atoms with van der Waals surface area (Å²) in [6, 6.07) is 1.84. The lowest BCUT2D eigenvalue weighted by atomic mass is 9.90. The molecule has 29 heavy (non-hydrogen) atoms. The summed E-state index contributed by atoms with van der Waals surface area (Å²) in [6.07, 6.45) is -19.0. The number of hydrogen-bond acceptors (Lipinski definition) is 5. The Labute approximate surface area is 155 Å². The Bertz CT molecular complexity index is 862. The van der Waals surface area contributed by atoms with Crippen LogP contribution in [0.5, 0.6) is 0 Å². The number of nitrogen functional groups attached to an aromatic ring is 1. The third-order valence-electron chi connectivity index (χ3n) is 3.74. The van der Waals surface area contributed by atoms with E-state index in [4.69, 9.17) is 10.3 Å². The van der Waals surface area contributed by atoms with Crippen LogP contribution >= 0.6 is 0 Å². The fourth-order valence-electron chi connectivity index (χ4n) is 2.47. The second kappa shape index (κ2) is 6.84. The number of carbonyl (C=O) groups excluding carboxylic acids is 1. The van der Waals surface area contributed by atoms with E-state index < -0.39 is 35.7 Å². The molecule has 14 heteroatoms. The molecule has 1 aromatic carbocycles. The molecule has 2 aromatic rings. The van der Waals surface area contributed by atoms with Crippen molar-refractivity contribution in [3.63, 3.8) is 0 Å². The number of aryl methyl sites for hydroxylation is 1. The zero-order chi connectivity index (χ0) is 22.4. The fourth-order valence-corrected chi connectivity index (χ4v) is 2.47. The Morgan fingerprint density at radius 1 is 0.966 bits per heavy atom. The summed E-state index contributed by atoms with van der Waals surface area (Å²) in [5.74, 6) is -3.80. The van der Waals surface area contributed by atoms with Crippen LogP contribution in [0.25, 0.3) is 11.1 Å². The van der Waals surface area contributed by atoms with Gasteiger partial charge in [-0.25, -0.2) is 4.79 Å². The Kier molecular flexibility index (Phi) is 5.28. The Balaban J connectivity index is 2.67. The summed E-state index contributed by atoms with van der Waals surface area (Å²) in [7, 11) is 0. The van der Waals surface area contributed by atoms with Crippen LogP contribution < -0.4 is 5.73 Å². The van der Waals surface area contributed by atoms with E-state index in [1.54, 1.807) is 0 Å². The molecule has 1 heterocycles. The smallest absolute Gasteiger partial charge is 0.428 e. The van der Waals surface area contributed by atoms with Crippen molar-refractivity contribution in [2.24, 2.45) is 0 Å². The number of aromatic nitrogens is 1. The highest BCUT2D eigenvalue weighted by Crippen LogP contribution is 2.53. The van der Waals surface area contributed by atoms with E-state index in [-0.39, 0.29) is 34.8 Å². The first kappa shape index (κ1) is 22.4. The lowest BCUT2D eigenvalue weighted by Crippen LogP contribution is -2.58. The van der Waals surface area contributed by atoms with Crippen molar-refractivity contribution in [1.82, 2.24) is 5.16 Å². The van der Waals surface area contributed by atoms with Gasteiger partial charge in [0.2, 0.25) is 0 Å². The average molecular weight is 436 g/mol. The number of esters is 1. The van der Waals surface area contributed by atoms with E-state index in [0.717, 1.165) is 0 Å². The molecule has 0 atom stereocenters. The summed E-state index contributed by atoms with van der Waals surface area (Å²) in [4.78, 5) is 10.9. The predicted octanol–water partition coefficient (Wildman–Crippen LogP) is 4.66. The number of alkyl halides is 9. The molecule has 0 bridgehead atoms. The molecule has 0 unspecified atom stereocenters. The van der Waals surface area contributed by atoms with Gasteiger partial charge in [-0.05, 0) is 12.5 Å². The van der Waals surface area contributed by atoms with Crippen LogP contribution in [0.1, 0.15) is 11.3 Å². The molecule has 160 valence electrons. The first-order valence-electron chi connectivity index (χ1n) is 7.28. The molecule has 0 saturated carbocycles. The molecule has 0 spiro atoms. The molecule has 0 aliphatic rings. The zero-order valence-electron chi connectivity index (χ0n) is 14.0. The van der Waals surface area contributed by atoms with Crippen LogP contribution in [-0.2, 0) is 15.1 Å². The molecule has 0 aliphatic heterocycles. The van der Waals surface area contributed by atoms with Crippen LogP contribution in [0.15, 0.2) is 28.8 Å². The number of anilines is 1. The Morgan fingerprint density at radius 3 is 1.79 bits per heavy atom. The van der Waals surface area contributed by atoms with Crippen LogP contribution in [0.3, 0.4) is 0 Å². The molecule has 0 saturated heterocycles. The van der Waals surface area contributed by atoms with E-state index >= 15 is 0 Å². The van der Waals surface area contributed by atoms with Gasteiger partial charge in [0.1, 0.15) is 5.76 Å². The number of benzene rings is 1. The zero-order valence-corrected chi connectivity index (χ0v) is 14.0. The number of ether oxygens (including phenoxy) is 1. The molecular weight excluding hydrogens is 427 g/mol. The van der Waals surface area contributed by atoms with E-state index in [2.05, 4.69) is 9.89 Å². The monoisotopic (exact) mass is 436 g/mol. The number of carbonyl (C=O) groups is 1. The first-order valence-corrected chi connectivity index (χ1v) is 7.28. The van der Waals surface area contributed by atoms with Gasteiger partial charge < -0.3 is 15.0 Å². The van der Waals surface area contributed by atoms with Crippen molar-refractivity contribution in [1.29, 1.82) is 0 Å². The predicted molar refractivity (Wildman–Crippen MR) is 77.0 cm³/mol. The maximum Gasteiger partial charge on any atom is 0.490 e. The van der Waals surface area contributed by atoms with Gasteiger partial charge in [-0.1, -0.05) is 29.4 Å². The van der Waals surface area contributed by atoms with Crippen molar-refractivity contribution in [2.45, 2.75) is 31.1 Å². The van der Waals surface area contributed by atoms with Gasteiger partial charge in [0, 0.05) is 5.56 Å². The van der Waals surface area contributed by atoms with E-state index in [1.165, 1.54) is 6.92 Å². The quantitative estimate of drug-likeness (QED) is 0.560. The summed E-state index contributed by atoms with van der Waals surface area (Å²) >= 11 is 0. The Hall–Kier alpha value is -2.93. The normalized spacial score (nSPS) is 13.4. The van der Waals surface area contributed by atoms with Crippen LogP contribution in [0.2, 0.25) is 0 Å². The summed E-state index contributed by atoms with van der Waals surface area (Å²) in [5.41, 5.74) is -1.85. The van der Waals surface area contributed by atoms with Crippen molar-refractivity contribution in [3.05, 3.63) is 35.6 Å². The molecule has 1 aromatic heterocycles. The first-order chi connectivity index (χ1) is 13.0. The molecule has 0 radical (unpaired) electrons. The summed E-state index contributed by atoms with van der Waals surface area (Å²) < 4.78 is 125. The summed E-state index contributed by atoms with van der Waals surface area (Å²) in [6.45, 7) is 1.35. The van der Waals surface area contributed by atoms with Gasteiger partial charge in [0.25, 0.3) is 0 Å². The molecule has 5 nitrogen and oxygen atoms in total. The standard InChI is InChI=1S/C15H9F9N2O3/c1-6-9(10(25)26-29-6)7-2-4-8(5-3-7)12(14(19,20)21,15(22,23)24)28-11(27)13(16,17)18/h2-5H,1H3,(H2,25,26). The maximum absolute atomic E-state index is 13.4. The van der Waals surface area contributed by atoms with E-state index in [0.29, 0.717) is 12.1 Å². The van der Waals surface area contributed by atoms with Crippen molar-refractivity contribution >= 4 is 11.8 Å². The topological polar surface area (TPSA) is 78.3 Å².